The highest BCUT2D eigenvalue weighted by molar-refractivity contribution is 6.29. The molecule has 4 rings (SSSR count). The second-order valence-electron chi connectivity index (χ2n) is 6.97. The first-order valence-electron chi connectivity index (χ1n) is 9.12. The van der Waals surface area contributed by atoms with E-state index in [1.807, 2.05) is 24.3 Å². The van der Waals surface area contributed by atoms with Crippen LogP contribution in [0, 0.1) is 5.92 Å². The molecule has 0 saturated heterocycles. The van der Waals surface area contributed by atoms with Gasteiger partial charge in [0.05, 0.1) is 17.1 Å². The lowest BCUT2D eigenvalue weighted by Crippen LogP contribution is -2.32. The molecular formula is C19H20ClN7O. The predicted octanol–water partition coefficient (Wildman–Crippen LogP) is 3.10. The summed E-state index contributed by atoms with van der Waals surface area (Å²) >= 11 is 5.94. The Labute approximate surface area is 166 Å². The molecule has 0 unspecified atom stereocenters. The van der Waals surface area contributed by atoms with Gasteiger partial charge in [-0.25, -0.2) is 4.98 Å². The van der Waals surface area contributed by atoms with Gasteiger partial charge in [-0.2, -0.15) is 9.61 Å². The van der Waals surface area contributed by atoms with Crippen LogP contribution in [0.3, 0.4) is 0 Å². The summed E-state index contributed by atoms with van der Waals surface area (Å²) in [6.07, 6.45) is 0.670. The van der Waals surface area contributed by atoms with Gasteiger partial charge < -0.3 is 10.3 Å². The van der Waals surface area contributed by atoms with Gasteiger partial charge in [0.1, 0.15) is 11.0 Å². The number of rotatable bonds is 6. The molecule has 8 nitrogen and oxygen atoms in total. The normalized spacial score (nSPS) is 12.7. The van der Waals surface area contributed by atoms with Gasteiger partial charge >= 0.3 is 0 Å². The highest BCUT2D eigenvalue weighted by atomic mass is 35.5. The summed E-state index contributed by atoms with van der Waals surface area (Å²) in [5, 5.41) is 15.8. The average molecular weight is 398 g/mol. The minimum absolute atomic E-state index is 0.0852. The molecule has 4 aromatic rings. The minimum atomic E-state index is -0.206. The lowest BCUT2D eigenvalue weighted by Gasteiger charge is -2.20. The van der Waals surface area contributed by atoms with Gasteiger partial charge in [0, 0.05) is 12.8 Å². The fourth-order valence-corrected chi connectivity index (χ4v) is 3.25. The number of aromatic nitrogens is 6. The van der Waals surface area contributed by atoms with Crippen LogP contribution in [0.15, 0.2) is 36.4 Å². The number of imidazole rings is 1. The van der Waals surface area contributed by atoms with Crippen molar-refractivity contribution in [1.29, 1.82) is 0 Å². The van der Waals surface area contributed by atoms with Crippen LogP contribution in [-0.2, 0) is 11.2 Å². The van der Waals surface area contributed by atoms with Crippen molar-refractivity contribution in [2.24, 2.45) is 5.92 Å². The van der Waals surface area contributed by atoms with Crippen LogP contribution in [0.1, 0.15) is 38.0 Å². The second kappa shape index (κ2) is 7.55. The maximum atomic E-state index is 12.6. The van der Waals surface area contributed by atoms with E-state index >= 15 is 0 Å². The summed E-state index contributed by atoms with van der Waals surface area (Å²) in [6.45, 7) is 4.10. The molecule has 0 saturated carbocycles. The zero-order valence-electron chi connectivity index (χ0n) is 15.6. The number of amides is 1. The fraction of sp³-hybridized carbons (Fsp3) is 0.316. The van der Waals surface area contributed by atoms with E-state index in [0.29, 0.717) is 23.0 Å². The Morgan fingerprint density at radius 3 is 2.82 bits per heavy atom. The molecule has 1 atom stereocenters. The first-order chi connectivity index (χ1) is 13.5. The van der Waals surface area contributed by atoms with Crippen molar-refractivity contribution in [3.63, 3.8) is 0 Å². The van der Waals surface area contributed by atoms with E-state index in [-0.39, 0.29) is 24.3 Å². The number of hydrogen-bond acceptors (Lipinski definition) is 5. The summed E-state index contributed by atoms with van der Waals surface area (Å²) < 4.78 is 1.56. The van der Waals surface area contributed by atoms with Crippen LogP contribution in [-0.4, -0.2) is 35.7 Å². The largest absolute Gasteiger partial charge is 0.346 e. The SMILES string of the molecule is CC(C)[C@H](NC(=O)CCc1nnc2ccc(Cl)nn12)c1nc2ccccc2[nH]1. The Morgan fingerprint density at radius 1 is 1.21 bits per heavy atom. The molecule has 0 aliphatic heterocycles. The van der Waals surface area contributed by atoms with Gasteiger partial charge in [-0.1, -0.05) is 37.6 Å². The van der Waals surface area contributed by atoms with Crippen LogP contribution in [0.4, 0.5) is 0 Å². The number of aromatic amines is 1. The number of halogens is 1. The second-order valence-corrected chi connectivity index (χ2v) is 7.36. The van der Waals surface area contributed by atoms with Gasteiger partial charge in [0.25, 0.3) is 0 Å². The van der Waals surface area contributed by atoms with Crippen LogP contribution in [0.5, 0.6) is 0 Å². The number of carbonyl (C=O) groups excluding carboxylic acids is 1. The number of para-hydroxylation sites is 2. The first-order valence-corrected chi connectivity index (χ1v) is 9.50. The number of fused-ring (bicyclic) bond motifs is 2. The third-order valence-corrected chi connectivity index (χ3v) is 4.76. The smallest absolute Gasteiger partial charge is 0.221 e. The molecule has 2 N–H and O–H groups in total. The van der Waals surface area contributed by atoms with Crippen molar-refractivity contribution in [3.8, 4) is 0 Å². The van der Waals surface area contributed by atoms with E-state index in [2.05, 4.69) is 44.4 Å². The molecule has 144 valence electrons. The van der Waals surface area contributed by atoms with Gasteiger partial charge in [0.2, 0.25) is 5.91 Å². The van der Waals surface area contributed by atoms with E-state index in [0.717, 1.165) is 16.9 Å². The molecule has 0 fully saturated rings. The van der Waals surface area contributed by atoms with Crippen LogP contribution in [0.25, 0.3) is 16.7 Å². The third kappa shape index (κ3) is 3.68. The van der Waals surface area contributed by atoms with Crippen LogP contribution >= 0.6 is 11.6 Å². The topological polar surface area (TPSA) is 101 Å². The Kier molecular flexibility index (Phi) is 4.95. The monoisotopic (exact) mass is 397 g/mol. The van der Waals surface area contributed by atoms with E-state index in [9.17, 15) is 4.79 Å². The van der Waals surface area contributed by atoms with Gasteiger partial charge in [0.15, 0.2) is 11.5 Å². The Balaban J connectivity index is 1.46. The van der Waals surface area contributed by atoms with Gasteiger partial charge in [-0.3, -0.25) is 4.79 Å². The van der Waals surface area contributed by atoms with Gasteiger partial charge in [-0.15, -0.1) is 10.2 Å². The number of nitrogens with zero attached hydrogens (tertiary/aromatic N) is 5. The summed E-state index contributed by atoms with van der Waals surface area (Å²) in [7, 11) is 0. The molecule has 28 heavy (non-hydrogen) atoms. The maximum absolute atomic E-state index is 12.6. The summed E-state index contributed by atoms with van der Waals surface area (Å²) in [5.74, 6) is 1.44. The summed E-state index contributed by atoms with van der Waals surface area (Å²) in [6, 6.07) is 11.0. The van der Waals surface area contributed by atoms with E-state index < -0.39 is 0 Å². The van der Waals surface area contributed by atoms with E-state index in [1.54, 1.807) is 16.6 Å². The molecule has 0 bridgehead atoms. The van der Waals surface area contributed by atoms with Crippen molar-refractivity contribution < 1.29 is 4.79 Å². The highest BCUT2D eigenvalue weighted by Gasteiger charge is 2.22. The number of aryl methyl sites for hydroxylation is 1. The lowest BCUT2D eigenvalue weighted by atomic mass is 10.0. The fourth-order valence-electron chi connectivity index (χ4n) is 3.11. The first kappa shape index (κ1) is 18.4. The molecule has 0 aliphatic carbocycles. The number of carbonyl (C=O) groups is 1. The van der Waals surface area contributed by atoms with Crippen LogP contribution < -0.4 is 5.32 Å². The zero-order chi connectivity index (χ0) is 19.7. The molecule has 9 heteroatoms. The summed E-state index contributed by atoms with van der Waals surface area (Å²) in [4.78, 5) is 20.5. The zero-order valence-corrected chi connectivity index (χ0v) is 16.3. The van der Waals surface area contributed by atoms with E-state index in [4.69, 9.17) is 11.6 Å². The number of H-pyrrole nitrogens is 1. The van der Waals surface area contributed by atoms with Crippen molar-refractivity contribution >= 4 is 34.2 Å². The number of benzene rings is 1. The Bertz CT molecular complexity index is 1100. The minimum Gasteiger partial charge on any atom is -0.346 e. The quantitative estimate of drug-likeness (QED) is 0.520. The third-order valence-electron chi connectivity index (χ3n) is 4.56. The molecule has 3 heterocycles. The number of hydrogen-bond donors (Lipinski definition) is 2. The lowest BCUT2D eigenvalue weighted by molar-refractivity contribution is -0.122. The molecule has 1 aromatic carbocycles. The van der Waals surface area contributed by atoms with Crippen molar-refractivity contribution in [2.75, 3.05) is 0 Å². The Hall–Kier alpha value is -3.00. The van der Waals surface area contributed by atoms with Crippen molar-refractivity contribution in [1.82, 2.24) is 35.1 Å². The molecule has 0 aliphatic rings. The molecule has 3 aromatic heterocycles. The van der Waals surface area contributed by atoms with Crippen molar-refractivity contribution in [2.45, 2.75) is 32.7 Å². The molecule has 0 radical (unpaired) electrons. The Morgan fingerprint density at radius 2 is 2.04 bits per heavy atom. The number of nitrogens with one attached hydrogen (secondary N) is 2. The van der Waals surface area contributed by atoms with Gasteiger partial charge in [-0.05, 0) is 30.2 Å². The highest BCUT2D eigenvalue weighted by Crippen LogP contribution is 2.22. The molecular weight excluding hydrogens is 378 g/mol. The predicted molar refractivity (Wildman–Crippen MR) is 106 cm³/mol. The van der Waals surface area contributed by atoms with Crippen molar-refractivity contribution in [3.05, 3.63) is 53.2 Å². The maximum Gasteiger partial charge on any atom is 0.221 e. The average Bonchev–Trinajstić information content (AvgIpc) is 3.27. The van der Waals surface area contributed by atoms with E-state index in [1.165, 1.54) is 0 Å². The summed E-state index contributed by atoms with van der Waals surface area (Å²) in [5.41, 5.74) is 2.44. The molecule has 0 spiro atoms. The van der Waals surface area contributed by atoms with Crippen LogP contribution in [0.2, 0.25) is 5.15 Å². The standard InChI is InChI=1S/C19H20ClN7O/c1-11(2)18(19-21-12-5-3-4-6-13(12)22-19)23-17(28)10-9-16-25-24-15-8-7-14(20)26-27(15)16/h3-8,11,18H,9-10H2,1-2H3,(H,21,22)(H,23,28)/t18-/m0/s1. The molecule has 1 amide bonds.